The van der Waals surface area contributed by atoms with Gasteiger partial charge in [-0.15, -0.1) is 0 Å². The monoisotopic (exact) mass is 240 g/mol. The molecule has 17 heavy (non-hydrogen) atoms. The van der Waals surface area contributed by atoms with Gasteiger partial charge in [0.05, 0.1) is 5.92 Å². The van der Waals surface area contributed by atoms with Gasteiger partial charge in [0.15, 0.2) is 0 Å². The predicted octanol–water partition coefficient (Wildman–Crippen LogP) is 2.25. The number of amides is 1. The first-order chi connectivity index (χ1) is 7.97. The third-order valence-corrected chi connectivity index (χ3v) is 3.84. The molecule has 0 saturated heterocycles. The molecule has 1 amide bonds. The maximum absolute atomic E-state index is 12.5. The van der Waals surface area contributed by atoms with Gasteiger partial charge in [-0.1, -0.05) is 27.2 Å². The van der Waals surface area contributed by atoms with Crippen molar-refractivity contribution in [3.05, 3.63) is 0 Å². The molecule has 1 rings (SSSR count). The van der Waals surface area contributed by atoms with Crippen LogP contribution in [0.3, 0.4) is 0 Å². The van der Waals surface area contributed by atoms with Crippen LogP contribution in [0.25, 0.3) is 0 Å². The molecule has 100 valence electrons. The molecule has 0 bridgehead atoms. The molecule has 0 aromatic rings. The molecule has 0 heterocycles. The Morgan fingerprint density at radius 2 is 2.06 bits per heavy atom. The number of hydrogen-bond donors (Lipinski definition) is 1. The fourth-order valence-electron chi connectivity index (χ4n) is 2.91. The third-order valence-electron chi connectivity index (χ3n) is 3.84. The minimum absolute atomic E-state index is 0.0439. The second-order valence-corrected chi connectivity index (χ2v) is 5.87. The number of hydrogen-bond acceptors (Lipinski definition) is 2. The fourth-order valence-corrected chi connectivity index (χ4v) is 2.91. The zero-order valence-corrected chi connectivity index (χ0v) is 11.8. The van der Waals surface area contributed by atoms with E-state index in [1.54, 1.807) is 0 Å². The van der Waals surface area contributed by atoms with Crippen molar-refractivity contribution in [2.45, 2.75) is 53.0 Å². The van der Waals surface area contributed by atoms with E-state index in [0.717, 1.165) is 25.9 Å². The molecule has 0 aromatic carbocycles. The Hall–Kier alpha value is -0.570. The van der Waals surface area contributed by atoms with E-state index in [9.17, 15) is 4.79 Å². The maximum Gasteiger partial charge on any atom is 0.227 e. The maximum atomic E-state index is 12.5. The first kappa shape index (κ1) is 14.5. The molecule has 0 radical (unpaired) electrons. The lowest BCUT2D eigenvalue weighted by molar-refractivity contribution is -0.139. The van der Waals surface area contributed by atoms with E-state index in [2.05, 4.69) is 27.7 Å². The lowest BCUT2D eigenvalue weighted by atomic mass is 9.76. The largest absolute Gasteiger partial charge is 0.342 e. The van der Waals surface area contributed by atoms with Crippen LogP contribution in [0.4, 0.5) is 0 Å². The first-order valence-electron chi connectivity index (χ1n) is 7.01. The third kappa shape index (κ3) is 3.70. The first-order valence-corrected chi connectivity index (χ1v) is 7.01. The van der Waals surface area contributed by atoms with Gasteiger partial charge in [0, 0.05) is 19.1 Å². The van der Waals surface area contributed by atoms with E-state index >= 15 is 0 Å². The molecular weight excluding hydrogens is 212 g/mol. The highest BCUT2D eigenvalue weighted by Gasteiger charge is 2.36. The zero-order valence-electron chi connectivity index (χ0n) is 11.8. The Labute approximate surface area is 106 Å². The van der Waals surface area contributed by atoms with Gasteiger partial charge >= 0.3 is 0 Å². The van der Waals surface area contributed by atoms with Gasteiger partial charge in [0.1, 0.15) is 0 Å². The Morgan fingerprint density at radius 3 is 2.53 bits per heavy atom. The van der Waals surface area contributed by atoms with Gasteiger partial charge in [-0.2, -0.15) is 0 Å². The van der Waals surface area contributed by atoms with Crippen LogP contribution in [0.5, 0.6) is 0 Å². The van der Waals surface area contributed by atoms with Crippen molar-refractivity contribution in [3.8, 4) is 0 Å². The highest BCUT2D eigenvalue weighted by molar-refractivity contribution is 5.80. The standard InChI is InChI=1S/C14H28N2O/c1-5-16(9-10(2)3)14(17)13-11(4)7-6-8-12(13)15/h10-13H,5-9,15H2,1-4H3. The summed E-state index contributed by atoms with van der Waals surface area (Å²) in [6, 6.07) is 0.0625. The quantitative estimate of drug-likeness (QED) is 0.819. The van der Waals surface area contributed by atoms with Gasteiger partial charge in [-0.3, -0.25) is 4.79 Å². The van der Waals surface area contributed by atoms with Crippen molar-refractivity contribution in [2.75, 3.05) is 13.1 Å². The average Bonchev–Trinajstić information content (AvgIpc) is 2.25. The number of nitrogens with two attached hydrogens (primary N) is 1. The molecule has 2 N–H and O–H groups in total. The molecule has 3 unspecified atom stereocenters. The van der Waals surface area contributed by atoms with E-state index in [1.807, 2.05) is 4.90 Å². The van der Waals surface area contributed by atoms with Gasteiger partial charge in [-0.05, 0) is 31.6 Å². The molecule has 0 spiro atoms. The van der Waals surface area contributed by atoms with Crippen LogP contribution in [0.15, 0.2) is 0 Å². The van der Waals surface area contributed by atoms with Crippen LogP contribution < -0.4 is 5.73 Å². The summed E-state index contributed by atoms with van der Waals surface area (Å²) in [5.74, 6) is 1.28. The highest BCUT2D eigenvalue weighted by Crippen LogP contribution is 2.30. The number of nitrogens with zero attached hydrogens (tertiary/aromatic N) is 1. The van der Waals surface area contributed by atoms with Crippen LogP contribution in [-0.4, -0.2) is 29.9 Å². The summed E-state index contributed by atoms with van der Waals surface area (Å²) in [5, 5.41) is 0. The minimum Gasteiger partial charge on any atom is -0.342 e. The van der Waals surface area contributed by atoms with Crippen LogP contribution in [0, 0.1) is 17.8 Å². The van der Waals surface area contributed by atoms with Gasteiger partial charge < -0.3 is 10.6 Å². The molecule has 0 aromatic heterocycles. The molecule has 3 heteroatoms. The molecule has 3 atom stereocenters. The lowest BCUT2D eigenvalue weighted by Gasteiger charge is -2.37. The van der Waals surface area contributed by atoms with Crippen LogP contribution in [-0.2, 0) is 4.79 Å². The topological polar surface area (TPSA) is 46.3 Å². The summed E-state index contributed by atoms with van der Waals surface area (Å²) >= 11 is 0. The Kier molecular flexibility index (Phi) is 5.44. The van der Waals surface area contributed by atoms with E-state index in [-0.39, 0.29) is 17.9 Å². The van der Waals surface area contributed by atoms with Crippen molar-refractivity contribution in [3.63, 3.8) is 0 Å². The summed E-state index contributed by atoms with van der Waals surface area (Å²) < 4.78 is 0. The molecule has 3 nitrogen and oxygen atoms in total. The SMILES string of the molecule is CCN(CC(C)C)C(=O)C1C(C)CCCC1N. The van der Waals surface area contributed by atoms with Gasteiger partial charge in [-0.25, -0.2) is 0 Å². The Bertz CT molecular complexity index is 243. The average molecular weight is 240 g/mol. The fraction of sp³-hybridized carbons (Fsp3) is 0.929. The number of rotatable bonds is 4. The molecule has 1 aliphatic carbocycles. The summed E-state index contributed by atoms with van der Waals surface area (Å²) in [5.41, 5.74) is 6.15. The second-order valence-electron chi connectivity index (χ2n) is 5.87. The number of carbonyl (C=O) groups is 1. The summed E-state index contributed by atoms with van der Waals surface area (Å²) in [6.07, 6.45) is 3.31. The van der Waals surface area contributed by atoms with Crippen LogP contribution in [0.1, 0.15) is 47.0 Å². The van der Waals surface area contributed by atoms with Crippen molar-refractivity contribution >= 4 is 5.91 Å². The summed E-state index contributed by atoms with van der Waals surface area (Å²) in [6.45, 7) is 10.2. The second kappa shape index (κ2) is 6.39. The molecule has 0 aliphatic heterocycles. The van der Waals surface area contributed by atoms with E-state index in [4.69, 9.17) is 5.73 Å². The summed E-state index contributed by atoms with van der Waals surface area (Å²) in [7, 11) is 0. The van der Waals surface area contributed by atoms with E-state index < -0.39 is 0 Å². The van der Waals surface area contributed by atoms with Crippen LogP contribution >= 0.6 is 0 Å². The molecule has 1 aliphatic rings. The van der Waals surface area contributed by atoms with Crippen molar-refractivity contribution in [1.29, 1.82) is 0 Å². The Balaban J connectivity index is 2.70. The van der Waals surface area contributed by atoms with E-state index in [1.165, 1.54) is 6.42 Å². The molecule has 1 fully saturated rings. The van der Waals surface area contributed by atoms with Crippen molar-refractivity contribution in [1.82, 2.24) is 4.90 Å². The predicted molar refractivity (Wildman–Crippen MR) is 71.6 cm³/mol. The van der Waals surface area contributed by atoms with Crippen molar-refractivity contribution < 1.29 is 4.79 Å². The van der Waals surface area contributed by atoms with E-state index in [0.29, 0.717) is 11.8 Å². The van der Waals surface area contributed by atoms with Crippen molar-refractivity contribution in [2.24, 2.45) is 23.5 Å². The molecular formula is C14H28N2O. The minimum atomic E-state index is 0.0439. The lowest BCUT2D eigenvalue weighted by Crippen LogP contribution is -2.49. The van der Waals surface area contributed by atoms with Crippen LogP contribution in [0.2, 0.25) is 0 Å². The van der Waals surface area contributed by atoms with Gasteiger partial charge in [0.2, 0.25) is 5.91 Å². The van der Waals surface area contributed by atoms with Gasteiger partial charge in [0.25, 0.3) is 0 Å². The zero-order chi connectivity index (χ0) is 13.0. The highest BCUT2D eigenvalue weighted by atomic mass is 16.2. The summed E-state index contributed by atoms with van der Waals surface area (Å²) in [4.78, 5) is 14.5. The smallest absolute Gasteiger partial charge is 0.227 e. The molecule has 1 saturated carbocycles. The Morgan fingerprint density at radius 1 is 1.41 bits per heavy atom. The number of carbonyl (C=O) groups excluding carboxylic acids is 1. The normalized spacial score (nSPS) is 29.4.